The van der Waals surface area contributed by atoms with Gasteiger partial charge in [-0.25, -0.2) is 4.98 Å². The third-order valence-electron chi connectivity index (χ3n) is 3.00. The van der Waals surface area contributed by atoms with E-state index < -0.39 is 0 Å². The van der Waals surface area contributed by atoms with Crippen LogP contribution in [0.25, 0.3) is 16.0 Å². The maximum absolute atomic E-state index is 12.1. The zero-order chi connectivity index (χ0) is 14.7. The number of carbonyl (C=O) groups excluding carboxylic acids is 1. The highest BCUT2D eigenvalue weighted by molar-refractivity contribution is 6.05. The number of carbonyl (C=O) groups is 1. The van der Waals surface area contributed by atoms with Gasteiger partial charge in [-0.1, -0.05) is 0 Å². The van der Waals surface area contributed by atoms with Crippen molar-refractivity contribution in [1.82, 2.24) is 9.97 Å². The molecule has 0 radical (unpaired) electrons. The lowest BCUT2D eigenvalue weighted by molar-refractivity contribution is 0.102. The van der Waals surface area contributed by atoms with E-state index in [1.165, 1.54) is 6.20 Å². The van der Waals surface area contributed by atoms with Gasteiger partial charge in [0.1, 0.15) is 0 Å². The number of hydrogen-bond donors (Lipinski definition) is 3. The molecule has 1 aromatic carbocycles. The van der Waals surface area contributed by atoms with Crippen LogP contribution in [0.3, 0.4) is 0 Å². The van der Waals surface area contributed by atoms with Crippen molar-refractivity contribution in [2.75, 3.05) is 10.7 Å². The van der Waals surface area contributed by atoms with Crippen LogP contribution in [-0.4, -0.2) is 15.9 Å². The number of benzene rings is 1. The van der Waals surface area contributed by atoms with Gasteiger partial charge in [0, 0.05) is 34.4 Å². The van der Waals surface area contributed by atoms with Crippen LogP contribution in [0.4, 0.5) is 11.5 Å². The van der Waals surface area contributed by atoms with Gasteiger partial charge in [-0.05, 0) is 36.4 Å². The average molecular weight is 279 g/mol. The monoisotopic (exact) mass is 279 g/mol. The molecule has 0 atom stereocenters. The van der Waals surface area contributed by atoms with E-state index in [0.29, 0.717) is 17.1 Å². The number of diazo groups is 1. The highest BCUT2D eigenvalue weighted by atomic mass is 16.1. The summed E-state index contributed by atoms with van der Waals surface area (Å²) in [6, 6.07) is 10.7. The lowest BCUT2D eigenvalue weighted by Gasteiger charge is -2.05. The lowest BCUT2D eigenvalue weighted by atomic mass is 10.2. The van der Waals surface area contributed by atoms with E-state index >= 15 is 0 Å². The van der Waals surface area contributed by atoms with Crippen LogP contribution in [0, 0.1) is 5.39 Å². The van der Waals surface area contributed by atoms with Gasteiger partial charge in [0.2, 0.25) is 5.82 Å². The second-order valence-corrected chi connectivity index (χ2v) is 4.38. The number of H-pyrrole nitrogens is 1. The van der Waals surface area contributed by atoms with Gasteiger partial charge in [-0.15, -0.1) is 0 Å². The Morgan fingerprint density at radius 3 is 2.90 bits per heavy atom. The summed E-state index contributed by atoms with van der Waals surface area (Å²) in [6.07, 6.45) is 3.25. The molecule has 7 nitrogen and oxygen atoms in total. The first-order valence-electron chi connectivity index (χ1n) is 6.21. The first-order valence-corrected chi connectivity index (χ1v) is 6.21. The number of nitrogens with zero attached hydrogens (tertiary/aromatic N) is 3. The van der Waals surface area contributed by atoms with Crippen LogP contribution in [-0.2, 0) is 0 Å². The van der Waals surface area contributed by atoms with Crippen molar-refractivity contribution in [3.8, 4) is 0 Å². The van der Waals surface area contributed by atoms with Crippen LogP contribution in [0.1, 0.15) is 10.4 Å². The van der Waals surface area contributed by atoms with Gasteiger partial charge in [0.05, 0.1) is 5.56 Å². The number of fused-ring (bicyclic) bond motifs is 1. The number of hydrogen-bond acceptors (Lipinski definition) is 4. The van der Waals surface area contributed by atoms with Crippen molar-refractivity contribution in [1.29, 1.82) is 5.39 Å². The minimum Gasteiger partial charge on any atom is -0.361 e. The second-order valence-electron chi connectivity index (χ2n) is 4.38. The predicted octanol–water partition coefficient (Wildman–Crippen LogP) is 3.00. The molecule has 0 unspecified atom stereocenters. The minimum absolute atomic E-state index is 0.259. The van der Waals surface area contributed by atoms with Crippen molar-refractivity contribution >= 4 is 28.3 Å². The largest absolute Gasteiger partial charge is 0.361 e. The van der Waals surface area contributed by atoms with Crippen LogP contribution in [0.2, 0.25) is 0 Å². The standard InChI is InChI=1S/C14H10N6O/c15-20-19-13-4-1-10(8-17-13)14(21)18-11-2-3-12-9(7-11)5-6-16-12/h1-8,15H,(H,17,19,21)/p+1. The molecule has 7 heteroatoms. The minimum atomic E-state index is -0.259. The number of pyridine rings is 1. The number of anilines is 2. The summed E-state index contributed by atoms with van der Waals surface area (Å²) in [5.74, 6) is 0.0904. The zero-order valence-corrected chi connectivity index (χ0v) is 10.9. The maximum atomic E-state index is 12.1. The van der Waals surface area contributed by atoms with E-state index in [9.17, 15) is 4.79 Å². The molecule has 0 aliphatic rings. The molecule has 0 aliphatic carbocycles. The summed E-state index contributed by atoms with van der Waals surface area (Å²) in [5, 5.41) is 14.9. The summed E-state index contributed by atoms with van der Waals surface area (Å²) < 4.78 is 0. The van der Waals surface area contributed by atoms with Crippen molar-refractivity contribution in [2.24, 2.45) is 0 Å². The van der Waals surface area contributed by atoms with Crippen LogP contribution < -0.4 is 10.7 Å². The van der Waals surface area contributed by atoms with Gasteiger partial charge in [0.25, 0.3) is 11.3 Å². The average Bonchev–Trinajstić information content (AvgIpc) is 2.96. The zero-order valence-electron chi connectivity index (χ0n) is 10.9. The Hall–Kier alpha value is -3.40. The van der Waals surface area contributed by atoms with Gasteiger partial charge in [0.15, 0.2) is 0 Å². The van der Waals surface area contributed by atoms with Crippen molar-refractivity contribution in [3.63, 3.8) is 0 Å². The molecule has 0 saturated heterocycles. The molecule has 0 aliphatic heterocycles. The highest BCUT2D eigenvalue weighted by Crippen LogP contribution is 2.18. The quantitative estimate of drug-likeness (QED) is 0.507. The number of aromatic amines is 1. The third-order valence-corrected chi connectivity index (χ3v) is 3.00. The fourth-order valence-corrected chi connectivity index (χ4v) is 1.98. The summed E-state index contributed by atoms with van der Waals surface area (Å²) in [6.45, 7) is 0. The van der Waals surface area contributed by atoms with E-state index in [1.807, 2.05) is 30.5 Å². The van der Waals surface area contributed by atoms with Crippen LogP contribution >= 0.6 is 0 Å². The fourth-order valence-electron chi connectivity index (χ4n) is 1.98. The Morgan fingerprint density at radius 1 is 1.24 bits per heavy atom. The summed E-state index contributed by atoms with van der Waals surface area (Å²) >= 11 is 0. The first kappa shape index (κ1) is 12.6. The first-order chi connectivity index (χ1) is 10.3. The van der Waals surface area contributed by atoms with Crippen molar-refractivity contribution < 1.29 is 4.79 Å². The SMILES string of the molecule is N#[N+]Nc1ccc(C(=O)Nc2ccc3[nH]ccc3c2)cn1. The molecule has 2 aromatic heterocycles. The summed E-state index contributed by atoms with van der Waals surface area (Å²) in [4.78, 5) is 19.1. The molecule has 3 rings (SSSR count). The smallest absolute Gasteiger partial charge is 0.309 e. The van der Waals surface area contributed by atoms with Crippen molar-refractivity contribution in [3.05, 3.63) is 59.4 Å². The van der Waals surface area contributed by atoms with Gasteiger partial charge < -0.3 is 10.3 Å². The number of rotatable bonds is 3. The molecule has 0 fully saturated rings. The van der Waals surface area contributed by atoms with E-state index in [4.69, 9.17) is 5.39 Å². The Kier molecular flexibility index (Phi) is 3.19. The van der Waals surface area contributed by atoms with Crippen LogP contribution in [0.15, 0.2) is 48.8 Å². The molecule has 2 heterocycles. The van der Waals surface area contributed by atoms with Crippen LogP contribution in [0.5, 0.6) is 0 Å². The molecule has 3 aromatic rings. The van der Waals surface area contributed by atoms with E-state index in [-0.39, 0.29) is 5.91 Å². The Morgan fingerprint density at radius 2 is 2.14 bits per heavy atom. The van der Waals surface area contributed by atoms with Gasteiger partial charge in [-0.2, -0.15) is 0 Å². The van der Waals surface area contributed by atoms with Gasteiger partial charge in [-0.3, -0.25) is 4.79 Å². The normalized spacial score (nSPS) is 10.0. The molecule has 3 N–H and O–H groups in total. The Balaban J connectivity index is 1.77. The summed E-state index contributed by atoms with van der Waals surface area (Å²) in [5.41, 5.74) is 4.40. The molecular formula is C14H11N6O+. The second kappa shape index (κ2) is 5.30. The predicted molar refractivity (Wildman–Crippen MR) is 79.2 cm³/mol. The molecule has 0 saturated carbocycles. The molecule has 21 heavy (non-hydrogen) atoms. The molecule has 0 bridgehead atoms. The molecule has 0 spiro atoms. The van der Waals surface area contributed by atoms with Crippen molar-refractivity contribution in [2.45, 2.75) is 0 Å². The van der Waals surface area contributed by atoms with E-state index in [2.05, 4.69) is 25.8 Å². The molecular weight excluding hydrogens is 268 g/mol. The Labute approximate surface area is 119 Å². The summed E-state index contributed by atoms with van der Waals surface area (Å²) in [7, 11) is 0. The third kappa shape index (κ3) is 2.64. The maximum Gasteiger partial charge on any atom is 0.309 e. The van der Waals surface area contributed by atoms with Gasteiger partial charge >= 0.3 is 5.08 Å². The molecule has 1 amide bonds. The number of nitrogens with one attached hydrogen (secondary N) is 3. The van der Waals surface area contributed by atoms with E-state index in [1.54, 1.807) is 12.1 Å². The highest BCUT2D eigenvalue weighted by Gasteiger charge is 2.08. The number of aromatic nitrogens is 2. The fraction of sp³-hybridized carbons (Fsp3) is 0. The topological polar surface area (TPSA) is 98.0 Å². The molecule has 102 valence electrons. The number of amides is 1. The van der Waals surface area contributed by atoms with E-state index in [0.717, 1.165) is 10.9 Å². The lowest BCUT2D eigenvalue weighted by Crippen LogP contribution is -2.12. The Bertz CT molecular complexity index is 831.